The van der Waals surface area contributed by atoms with Crippen LogP contribution in [0.3, 0.4) is 0 Å². The first-order valence-electron chi connectivity index (χ1n) is 8.59. The van der Waals surface area contributed by atoms with Crippen molar-refractivity contribution in [2.45, 2.75) is 25.0 Å². The van der Waals surface area contributed by atoms with Crippen molar-refractivity contribution in [3.8, 4) is 0 Å². The number of nitrogens with zero attached hydrogens (tertiary/aromatic N) is 6. The quantitative estimate of drug-likeness (QED) is 0.840. The van der Waals surface area contributed by atoms with Gasteiger partial charge in [-0.15, -0.1) is 0 Å². The molecule has 0 unspecified atom stereocenters. The van der Waals surface area contributed by atoms with Crippen LogP contribution in [0.25, 0.3) is 0 Å². The van der Waals surface area contributed by atoms with Gasteiger partial charge in [0.15, 0.2) is 0 Å². The maximum Gasteiger partial charge on any atom is 0.225 e. The van der Waals surface area contributed by atoms with Crippen molar-refractivity contribution >= 4 is 5.95 Å². The molecule has 7 heteroatoms. The van der Waals surface area contributed by atoms with Gasteiger partial charge in [0.2, 0.25) is 5.95 Å². The summed E-state index contributed by atoms with van der Waals surface area (Å²) in [7, 11) is 2.05. The third-order valence-corrected chi connectivity index (χ3v) is 5.14. The standard InChI is InChI=1S/C17H24N6O/c1-21-10-7-18-15(21)13-22-8-3-17(4-9-22)14-23(11-12-24-17)16-19-5-2-6-20-16/h2,5-7,10H,3-4,8-9,11-14H2,1H3. The summed E-state index contributed by atoms with van der Waals surface area (Å²) in [6.07, 6.45) is 9.56. The molecule has 0 aromatic carbocycles. The molecule has 2 aromatic rings. The Hall–Kier alpha value is -1.99. The Morgan fingerprint density at radius 2 is 1.88 bits per heavy atom. The first-order valence-corrected chi connectivity index (χ1v) is 8.59. The summed E-state index contributed by atoms with van der Waals surface area (Å²) >= 11 is 0. The minimum atomic E-state index is -0.0599. The van der Waals surface area contributed by atoms with Gasteiger partial charge in [0.25, 0.3) is 0 Å². The molecule has 0 bridgehead atoms. The van der Waals surface area contributed by atoms with Crippen LogP contribution in [-0.2, 0) is 18.3 Å². The molecule has 2 aliphatic heterocycles. The third-order valence-electron chi connectivity index (χ3n) is 5.14. The molecule has 2 fully saturated rings. The summed E-state index contributed by atoms with van der Waals surface area (Å²) in [4.78, 5) is 17.9. The lowest BCUT2D eigenvalue weighted by molar-refractivity contribution is -0.0927. The van der Waals surface area contributed by atoms with E-state index in [0.29, 0.717) is 0 Å². The first kappa shape index (κ1) is 15.5. The molecular weight excluding hydrogens is 304 g/mol. The Labute approximate surface area is 142 Å². The minimum absolute atomic E-state index is 0.0599. The van der Waals surface area contributed by atoms with Gasteiger partial charge in [-0.2, -0.15) is 0 Å². The summed E-state index contributed by atoms with van der Waals surface area (Å²) in [5.41, 5.74) is -0.0599. The van der Waals surface area contributed by atoms with E-state index in [0.717, 1.165) is 63.9 Å². The molecule has 128 valence electrons. The lowest BCUT2D eigenvalue weighted by atomic mass is 9.89. The van der Waals surface area contributed by atoms with E-state index in [1.54, 1.807) is 12.4 Å². The van der Waals surface area contributed by atoms with E-state index < -0.39 is 0 Å². The molecule has 0 saturated carbocycles. The first-order chi connectivity index (χ1) is 11.7. The fourth-order valence-corrected chi connectivity index (χ4v) is 3.64. The SMILES string of the molecule is Cn1ccnc1CN1CCC2(CC1)CN(c1ncccn1)CCO2. The predicted octanol–water partition coefficient (Wildman–Crippen LogP) is 1.08. The highest BCUT2D eigenvalue weighted by molar-refractivity contribution is 5.30. The summed E-state index contributed by atoms with van der Waals surface area (Å²) in [5, 5.41) is 0. The smallest absolute Gasteiger partial charge is 0.225 e. The molecule has 0 aliphatic carbocycles. The maximum atomic E-state index is 6.22. The number of anilines is 1. The van der Waals surface area contributed by atoms with Gasteiger partial charge in [0, 0.05) is 51.5 Å². The molecule has 2 aliphatic rings. The zero-order valence-corrected chi connectivity index (χ0v) is 14.1. The number of ether oxygens (including phenoxy) is 1. The molecule has 0 radical (unpaired) electrons. The summed E-state index contributed by atoms with van der Waals surface area (Å²) in [6, 6.07) is 1.86. The van der Waals surface area contributed by atoms with Gasteiger partial charge in [-0.3, -0.25) is 4.90 Å². The Morgan fingerprint density at radius 1 is 1.08 bits per heavy atom. The van der Waals surface area contributed by atoms with E-state index in [1.807, 2.05) is 18.5 Å². The second kappa shape index (κ2) is 6.49. The van der Waals surface area contributed by atoms with Gasteiger partial charge in [-0.1, -0.05) is 0 Å². The summed E-state index contributed by atoms with van der Waals surface area (Å²) < 4.78 is 8.31. The second-order valence-corrected chi connectivity index (χ2v) is 6.73. The van der Waals surface area contributed by atoms with E-state index in [-0.39, 0.29) is 5.60 Å². The van der Waals surface area contributed by atoms with Crippen molar-refractivity contribution in [3.05, 3.63) is 36.7 Å². The van der Waals surface area contributed by atoms with Crippen LogP contribution in [0.2, 0.25) is 0 Å². The molecule has 0 amide bonds. The van der Waals surface area contributed by atoms with Crippen LogP contribution in [-0.4, -0.2) is 62.8 Å². The van der Waals surface area contributed by atoms with Gasteiger partial charge in [-0.05, 0) is 18.9 Å². The predicted molar refractivity (Wildman–Crippen MR) is 90.6 cm³/mol. The molecule has 2 aromatic heterocycles. The Kier molecular flexibility index (Phi) is 4.20. The van der Waals surface area contributed by atoms with Crippen LogP contribution in [0, 0.1) is 0 Å². The lowest BCUT2D eigenvalue weighted by Gasteiger charge is -2.47. The minimum Gasteiger partial charge on any atom is -0.371 e. The highest BCUT2D eigenvalue weighted by atomic mass is 16.5. The van der Waals surface area contributed by atoms with E-state index in [9.17, 15) is 0 Å². The topological polar surface area (TPSA) is 59.3 Å². The number of morpholine rings is 1. The largest absolute Gasteiger partial charge is 0.371 e. The molecule has 4 heterocycles. The lowest BCUT2D eigenvalue weighted by Crippen LogP contribution is -2.57. The summed E-state index contributed by atoms with van der Waals surface area (Å²) in [6.45, 7) is 5.48. The third kappa shape index (κ3) is 3.14. The molecule has 24 heavy (non-hydrogen) atoms. The molecular formula is C17H24N6O. The van der Waals surface area contributed by atoms with Gasteiger partial charge in [-0.25, -0.2) is 15.0 Å². The van der Waals surface area contributed by atoms with Crippen LogP contribution in [0.1, 0.15) is 18.7 Å². The fourth-order valence-electron chi connectivity index (χ4n) is 3.64. The second-order valence-electron chi connectivity index (χ2n) is 6.73. The molecule has 2 saturated heterocycles. The number of hydrogen-bond donors (Lipinski definition) is 0. The monoisotopic (exact) mass is 328 g/mol. The molecule has 7 nitrogen and oxygen atoms in total. The van der Waals surface area contributed by atoms with E-state index in [4.69, 9.17) is 4.74 Å². The normalized spacial score (nSPS) is 21.3. The zero-order chi connectivity index (χ0) is 16.4. The number of imidazole rings is 1. The highest BCUT2D eigenvalue weighted by Gasteiger charge is 2.40. The van der Waals surface area contributed by atoms with Crippen molar-refractivity contribution in [2.24, 2.45) is 7.05 Å². The van der Waals surface area contributed by atoms with E-state index in [1.165, 1.54) is 0 Å². The van der Waals surface area contributed by atoms with Crippen molar-refractivity contribution < 1.29 is 4.74 Å². The number of likely N-dealkylation sites (tertiary alicyclic amines) is 1. The number of rotatable bonds is 3. The molecule has 0 atom stereocenters. The number of hydrogen-bond acceptors (Lipinski definition) is 6. The Morgan fingerprint density at radius 3 is 2.58 bits per heavy atom. The van der Waals surface area contributed by atoms with Crippen LogP contribution in [0.5, 0.6) is 0 Å². The van der Waals surface area contributed by atoms with Crippen LogP contribution >= 0.6 is 0 Å². The summed E-state index contributed by atoms with van der Waals surface area (Å²) in [5.74, 6) is 1.94. The van der Waals surface area contributed by atoms with Crippen LogP contribution < -0.4 is 4.90 Å². The number of piperidine rings is 1. The molecule has 1 spiro atoms. The average Bonchev–Trinajstić information content (AvgIpc) is 3.03. The molecule has 4 rings (SSSR count). The van der Waals surface area contributed by atoms with Gasteiger partial charge in [0.1, 0.15) is 5.82 Å². The van der Waals surface area contributed by atoms with Gasteiger partial charge < -0.3 is 14.2 Å². The fraction of sp³-hybridized carbons (Fsp3) is 0.588. The van der Waals surface area contributed by atoms with Crippen LogP contribution in [0.15, 0.2) is 30.9 Å². The van der Waals surface area contributed by atoms with Crippen LogP contribution in [0.4, 0.5) is 5.95 Å². The van der Waals surface area contributed by atoms with E-state index in [2.05, 4.69) is 36.4 Å². The van der Waals surface area contributed by atoms with E-state index >= 15 is 0 Å². The van der Waals surface area contributed by atoms with Crippen molar-refractivity contribution in [2.75, 3.05) is 37.7 Å². The van der Waals surface area contributed by atoms with Crippen molar-refractivity contribution in [1.82, 2.24) is 24.4 Å². The average molecular weight is 328 g/mol. The number of aryl methyl sites for hydroxylation is 1. The number of aromatic nitrogens is 4. The molecule has 0 N–H and O–H groups in total. The maximum absolute atomic E-state index is 6.22. The van der Waals surface area contributed by atoms with Crippen molar-refractivity contribution in [3.63, 3.8) is 0 Å². The highest BCUT2D eigenvalue weighted by Crippen LogP contribution is 2.31. The zero-order valence-electron chi connectivity index (χ0n) is 14.1. The van der Waals surface area contributed by atoms with Gasteiger partial charge >= 0.3 is 0 Å². The Balaban J connectivity index is 1.38. The Bertz CT molecular complexity index is 665. The van der Waals surface area contributed by atoms with Crippen molar-refractivity contribution in [1.29, 1.82) is 0 Å². The van der Waals surface area contributed by atoms with Gasteiger partial charge in [0.05, 0.1) is 25.3 Å².